The molecule has 8 heteroatoms. The first-order valence-corrected chi connectivity index (χ1v) is 9.10. The summed E-state index contributed by atoms with van der Waals surface area (Å²) in [6.45, 7) is 6.56. The third-order valence-electron chi connectivity index (χ3n) is 3.97. The SMILES string of the molecule is CCCCCCCCNC(=O)OC(CC)Cn1cc(C)nc1[N+](=O)[O-]. The van der Waals surface area contributed by atoms with Crippen molar-refractivity contribution in [1.82, 2.24) is 14.9 Å². The molecule has 25 heavy (non-hydrogen) atoms. The molecule has 0 fully saturated rings. The van der Waals surface area contributed by atoms with E-state index in [0.29, 0.717) is 18.7 Å². The monoisotopic (exact) mass is 354 g/mol. The van der Waals surface area contributed by atoms with Gasteiger partial charge in [-0.1, -0.05) is 50.9 Å². The van der Waals surface area contributed by atoms with Crippen molar-refractivity contribution in [2.45, 2.75) is 78.4 Å². The number of hydrogen-bond acceptors (Lipinski definition) is 5. The van der Waals surface area contributed by atoms with Crippen LogP contribution in [0.1, 0.15) is 64.5 Å². The number of hydrogen-bond donors (Lipinski definition) is 1. The summed E-state index contributed by atoms with van der Waals surface area (Å²) in [4.78, 5) is 26.2. The van der Waals surface area contributed by atoms with Crippen LogP contribution in [0.5, 0.6) is 0 Å². The van der Waals surface area contributed by atoms with E-state index >= 15 is 0 Å². The summed E-state index contributed by atoms with van der Waals surface area (Å²) in [6, 6.07) is 0. The lowest BCUT2D eigenvalue weighted by Crippen LogP contribution is -2.31. The van der Waals surface area contributed by atoms with E-state index in [1.807, 2.05) is 6.92 Å². The maximum absolute atomic E-state index is 11.9. The summed E-state index contributed by atoms with van der Waals surface area (Å²) in [7, 11) is 0. The Morgan fingerprint density at radius 3 is 2.64 bits per heavy atom. The first-order valence-electron chi connectivity index (χ1n) is 9.10. The Labute approximate surface area is 149 Å². The van der Waals surface area contributed by atoms with Crippen LogP contribution in [0, 0.1) is 17.0 Å². The highest BCUT2D eigenvalue weighted by Crippen LogP contribution is 2.14. The lowest BCUT2D eigenvalue weighted by atomic mass is 10.1. The maximum atomic E-state index is 11.9. The van der Waals surface area contributed by atoms with Gasteiger partial charge in [0.25, 0.3) is 0 Å². The lowest BCUT2D eigenvalue weighted by molar-refractivity contribution is -0.397. The second-order valence-corrected chi connectivity index (χ2v) is 6.22. The number of ether oxygens (including phenoxy) is 1. The number of nitrogens with zero attached hydrogens (tertiary/aromatic N) is 3. The maximum Gasteiger partial charge on any atom is 0.434 e. The third kappa shape index (κ3) is 8.00. The van der Waals surface area contributed by atoms with Gasteiger partial charge in [0.1, 0.15) is 24.5 Å². The van der Waals surface area contributed by atoms with Gasteiger partial charge in [-0.15, -0.1) is 0 Å². The molecule has 1 heterocycles. The molecule has 0 aliphatic carbocycles. The number of alkyl carbamates (subject to hydrolysis) is 1. The number of nitro groups is 1. The molecular weight excluding hydrogens is 324 g/mol. The van der Waals surface area contributed by atoms with Crippen LogP contribution >= 0.6 is 0 Å². The van der Waals surface area contributed by atoms with Crippen molar-refractivity contribution >= 4 is 12.0 Å². The molecule has 0 spiro atoms. The Kier molecular flexibility index (Phi) is 9.57. The van der Waals surface area contributed by atoms with Gasteiger partial charge in [0.15, 0.2) is 0 Å². The second-order valence-electron chi connectivity index (χ2n) is 6.22. The Hall–Kier alpha value is -2.12. The quantitative estimate of drug-likeness (QED) is 0.348. The van der Waals surface area contributed by atoms with Gasteiger partial charge < -0.3 is 20.2 Å². The minimum atomic E-state index is -0.529. The van der Waals surface area contributed by atoms with Crippen molar-refractivity contribution in [2.75, 3.05) is 6.54 Å². The molecule has 1 unspecified atom stereocenters. The fraction of sp³-hybridized carbons (Fsp3) is 0.765. The predicted octanol–water partition coefficient (Wildman–Crippen LogP) is 3.97. The molecule has 142 valence electrons. The summed E-state index contributed by atoms with van der Waals surface area (Å²) in [5.74, 6) is -0.230. The van der Waals surface area contributed by atoms with E-state index in [2.05, 4.69) is 17.2 Å². The zero-order chi connectivity index (χ0) is 18.7. The molecule has 0 saturated carbocycles. The van der Waals surface area contributed by atoms with E-state index in [1.165, 1.54) is 30.3 Å². The molecule has 1 amide bonds. The van der Waals surface area contributed by atoms with Gasteiger partial charge in [-0.25, -0.2) is 9.36 Å². The third-order valence-corrected chi connectivity index (χ3v) is 3.97. The number of amides is 1. The lowest BCUT2D eigenvalue weighted by Gasteiger charge is -2.16. The smallest absolute Gasteiger partial charge is 0.434 e. The van der Waals surface area contributed by atoms with Crippen molar-refractivity contribution < 1.29 is 14.5 Å². The number of carbonyl (C=O) groups is 1. The summed E-state index contributed by atoms with van der Waals surface area (Å²) < 4.78 is 6.79. The van der Waals surface area contributed by atoms with Gasteiger partial charge in [-0.05, 0) is 24.7 Å². The first kappa shape index (κ1) is 20.9. The summed E-state index contributed by atoms with van der Waals surface area (Å²) >= 11 is 0. The highest BCUT2D eigenvalue weighted by Gasteiger charge is 2.22. The van der Waals surface area contributed by atoms with Crippen LogP contribution in [0.2, 0.25) is 0 Å². The topological polar surface area (TPSA) is 99.3 Å². The second kappa shape index (κ2) is 11.4. The fourth-order valence-electron chi connectivity index (χ4n) is 2.57. The van der Waals surface area contributed by atoms with Crippen molar-refractivity contribution in [3.8, 4) is 0 Å². The summed E-state index contributed by atoms with van der Waals surface area (Å²) in [5.41, 5.74) is 0.564. The van der Waals surface area contributed by atoms with E-state index in [9.17, 15) is 14.9 Å². The molecule has 8 nitrogen and oxygen atoms in total. The summed E-state index contributed by atoms with van der Waals surface area (Å²) in [6.07, 6.45) is 8.19. The molecule has 1 atom stereocenters. The highest BCUT2D eigenvalue weighted by atomic mass is 16.6. The molecule has 1 rings (SSSR count). The number of nitrogens with one attached hydrogen (secondary N) is 1. The average Bonchev–Trinajstić information content (AvgIpc) is 2.94. The molecule has 1 aromatic rings. The predicted molar refractivity (Wildman–Crippen MR) is 95.6 cm³/mol. The minimum absolute atomic E-state index is 0.220. The number of imidazole rings is 1. The molecule has 0 aromatic carbocycles. The Bertz CT molecular complexity index is 545. The molecule has 0 saturated heterocycles. The van der Waals surface area contributed by atoms with Gasteiger partial charge in [0, 0.05) is 6.54 Å². The van der Waals surface area contributed by atoms with Crippen molar-refractivity contribution in [2.24, 2.45) is 0 Å². The number of aromatic nitrogens is 2. The van der Waals surface area contributed by atoms with Gasteiger partial charge in [0.05, 0.1) is 0 Å². The first-order chi connectivity index (χ1) is 12.0. The van der Waals surface area contributed by atoms with Crippen LogP contribution < -0.4 is 5.32 Å². The average molecular weight is 354 g/mol. The molecule has 1 N–H and O–H groups in total. The largest absolute Gasteiger partial charge is 0.443 e. The zero-order valence-electron chi connectivity index (χ0n) is 15.5. The Morgan fingerprint density at radius 1 is 1.32 bits per heavy atom. The highest BCUT2D eigenvalue weighted by molar-refractivity contribution is 5.67. The van der Waals surface area contributed by atoms with Crippen LogP contribution in [0.4, 0.5) is 10.7 Å². The van der Waals surface area contributed by atoms with Crippen LogP contribution in [-0.4, -0.2) is 33.2 Å². The van der Waals surface area contributed by atoms with E-state index in [0.717, 1.165) is 12.8 Å². The van der Waals surface area contributed by atoms with Gasteiger partial charge in [-0.3, -0.25) is 0 Å². The van der Waals surface area contributed by atoms with E-state index in [-0.39, 0.29) is 12.5 Å². The van der Waals surface area contributed by atoms with Crippen LogP contribution in [0.15, 0.2) is 6.20 Å². The van der Waals surface area contributed by atoms with Crippen molar-refractivity contribution in [1.29, 1.82) is 0 Å². The van der Waals surface area contributed by atoms with Crippen molar-refractivity contribution in [3.63, 3.8) is 0 Å². The molecular formula is C17H30N4O4. The van der Waals surface area contributed by atoms with Crippen molar-refractivity contribution in [3.05, 3.63) is 22.0 Å². The van der Waals surface area contributed by atoms with E-state index < -0.39 is 17.1 Å². The molecule has 0 radical (unpaired) electrons. The Morgan fingerprint density at radius 2 is 2.00 bits per heavy atom. The number of unbranched alkanes of at least 4 members (excludes halogenated alkanes) is 5. The van der Waals surface area contributed by atoms with Crippen LogP contribution in [-0.2, 0) is 11.3 Å². The fourth-order valence-corrected chi connectivity index (χ4v) is 2.57. The minimum Gasteiger partial charge on any atom is -0.443 e. The summed E-state index contributed by atoms with van der Waals surface area (Å²) in [5, 5.41) is 13.7. The molecule has 0 aliphatic heterocycles. The van der Waals surface area contributed by atoms with Crippen LogP contribution in [0.25, 0.3) is 0 Å². The van der Waals surface area contributed by atoms with Gasteiger partial charge in [0.2, 0.25) is 0 Å². The van der Waals surface area contributed by atoms with E-state index in [1.54, 1.807) is 13.1 Å². The van der Waals surface area contributed by atoms with E-state index in [4.69, 9.17) is 4.74 Å². The Balaban J connectivity index is 2.35. The zero-order valence-corrected chi connectivity index (χ0v) is 15.5. The number of aryl methyl sites for hydroxylation is 1. The standard InChI is InChI=1S/C17H30N4O4/c1-4-6-7-8-9-10-11-18-17(22)25-15(5-2)13-20-12-14(3)19-16(20)21(23)24/h12,15H,4-11,13H2,1-3H3,(H,18,22). The molecule has 0 bridgehead atoms. The number of carbonyl (C=O) groups excluding carboxylic acids is 1. The van der Waals surface area contributed by atoms with Crippen LogP contribution in [0.3, 0.4) is 0 Å². The van der Waals surface area contributed by atoms with Gasteiger partial charge in [-0.2, -0.15) is 0 Å². The molecule has 0 aliphatic rings. The number of rotatable bonds is 12. The van der Waals surface area contributed by atoms with Gasteiger partial charge >= 0.3 is 12.0 Å². The molecule has 1 aromatic heterocycles. The normalized spacial score (nSPS) is 12.0.